The Balaban J connectivity index is 1.69. The highest BCUT2D eigenvalue weighted by molar-refractivity contribution is 5.88. The van der Waals surface area contributed by atoms with Crippen molar-refractivity contribution in [2.75, 3.05) is 23.7 Å². The molecule has 0 aromatic carbocycles. The summed E-state index contributed by atoms with van der Waals surface area (Å²) >= 11 is 0. The van der Waals surface area contributed by atoms with E-state index in [2.05, 4.69) is 29.4 Å². The number of aryl methyl sites for hydroxylation is 1. The summed E-state index contributed by atoms with van der Waals surface area (Å²) in [4.78, 5) is 18.6. The van der Waals surface area contributed by atoms with E-state index in [0.717, 1.165) is 48.6 Å². The highest BCUT2D eigenvalue weighted by atomic mass is 15.2. The SMILES string of the molecule is Cn1ccnc1[C@H]1CCCN(c2nc(N)nc3[nH]ccc23)C1. The smallest absolute Gasteiger partial charge is 0.223 e. The predicted octanol–water partition coefficient (Wildman–Crippen LogP) is 1.66. The van der Waals surface area contributed by atoms with Crippen LogP contribution in [0.4, 0.5) is 11.8 Å². The molecule has 22 heavy (non-hydrogen) atoms. The molecule has 3 aromatic heterocycles. The van der Waals surface area contributed by atoms with E-state index in [1.54, 1.807) is 0 Å². The maximum Gasteiger partial charge on any atom is 0.223 e. The van der Waals surface area contributed by atoms with Crippen LogP contribution in [0.3, 0.4) is 0 Å². The Morgan fingerprint density at radius 1 is 1.36 bits per heavy atom. The second kappa shape index (κ2) is 5.01. The Bertz CT molecular complexity index is 803. The lowest BCUT2D eigenvalue weighted by molar-refractivity contribution is 0.479. The zero-order valence-corrected chi connectivity index (χ0v) is 12.5. The molecule has 1 atom stereocenters. The molecule has 0 saturated carbocycles. The van der Waals surface area contributed by atoms with Crippen LogP contribution in [0.15, 0.2) is 24.7 Å². The second-order valence-electron chi connectivity index (χ2n) is 5.83. The van der Waals surface area contributed by atoms with Crippen LogP contribution in [0.25, 0.3) is 11.0 Å². The maximum atomic E-state index is 5.86. The summed E-state index contributed by atoms with van der Waals surface area (Å²) in [6.07, 6.45) is 8.01. The van der Waals surface area contributed by atoms with E-state index < -0.39 is 0 Å². The Kier molecular flexibility index (Phi) is 2.99. The fourth-order valence-electron chi connectivity index (χ4n) is 3.33. The van der Waals surface area contributed by atoms with Crippen molar-refractivity contribution in [2.24, 2.45) is 7.05 Å². The van der Waals surface area contributed by atoms with Gasteiger partial charge in [-0.2, -0.15) is 9.97 Å². The summed E-state index contributed by atoms with van der Waals surface area (Å²) in [6, 6.07) is 2.01. The topological polar surface area (TPSA) is 88.7 Å². The molecule has 0 unspecified atom stereocenters. The van der Waals surface area contributed by atoms with Crippen molar-refractivity contribution in [3.63, 3.8) is 0 Å². The third-order valence-corrected chi connectivity index (χ3v) is 4.36. The van der Waals surface area contributed by atoms with E-state index in [4.69, 9.17) is 5.73 Å². The molecule has 0 amide bonds. The molecule has 4 heterocycles. The molecule has 4 rings (SSSR count). The number of aromatic amines is 1. The van der Waals surface area contributed by atoms with Crippen LogP contribution in [-0.2, 0) is 7.05 Å². The summed E-state index contributed by atoms with van der Waals surface area (Å²) in [7, 11) is 2.05. The summed E-state index contributed by atoms with van der Waals surface area (Å²) in [5.41, 5.74) is 6.65. The van der Waals surface area contributed by atoms with E-state index in [1.165, 1.54) is 0 Å². The number of H-pyrrole nitrogens is 1. The van der Waals surface area contributed by atoms with Crippen LogP contribution in [0, 0.1) is 0 Å². The molecule has 3 aromatic rings. The van der Waals surface area contributed by atoms with E-state index >= 15 is 0 Å². The number of nitrogens with zero attached hydrogens (tertiary/aromatic N) is 5. The zero-order valence-electron chi connectivity index (χ0n) is 12.5. The van der Waals surface area contributed by atoms with Crippen LogP contribution >= 0.6 is 0 Å². The third-order valence-electron chi connectivity index (χ3n) is 4.36. The number of nitrogens with one attached hydrogen (secondary N) is 1. The number of anilines is 2. The fraction of sp³-hybridized carbons (Fsp3) is 0.400. The van der Waals surface area contributed by atoms with E-state index in [1.807, 2.05) is 31.7 Å². The molecule has 0 aliphatic carbocycles. The second-order valence-corrected chi connectivity index (χ2v) is 5.83. The number of fused-ring (bicyclic) bond motifs is 1. The van der Waals surface area contributed by atoms with Crippen LogP contribution in [0.2, 0.25) is 0 Å². The molecule has 1 saturated heterocycles. The average molecular weight is 297 g/mol. The van der Waals surface area contributed by atoms with Gasteiger partial charge in [-0.3, -0.25) is 0 Å². The molecule has 7 heteroatoms. The number of hydrogen-bond donors (Lipinski definition) is 2. The van der Waals surface area contributed by atoms with Gasteiger partial charge in [0.25, 0.3) is 0 Å². The number of hydrogen-bond acceptors (Lipinski definition) is 5. The number of aromatic nitrogens is 5. The highest BCUT2D eigenvalue weighted by Crippen LogP contribution is 2.31. The van der Waals surface area contributed by atoms with Gasteiger partial charge in [0, 0.05) is 44.6 Å². The Morgan fingerprint density at radius 3 is 3.09 bits per heavy atom. The summed E-state index contributed by atoms with van der Waals surface area (Å²) in [5, 5.41) is 1.02. The Hall–Kier alpha value is -2.57. The van der Waals surface area contributed by atoms with Crippen molar-refractivity contribution in [3.8, 4) is 0 Å². The lowest BCUT2D eigenvalue weighted by Crippen LogP contribution is -2.36. The van der Waals surface area contributed by atoms with Crippen LogP contribution in [0.1, 0.15) is 24.6 Å². The lowest BCUT2D eigenvalue weighted by atomic mass is 9.97. The van der Waals surface area contributed by atoms with Gasteiger partial charge in [-0.25, -0.2) is 4.98 Å². The number of nitrogens with two attached hydrogens (primary N) is 1. The van der Waals surface area contributed by atoms with Gasteiger partial charge < -0.3 is 20.2 Å². The minimum absolute atomic E-state index is 0.309. The molecule has 1 aliphatic heterocycles. The van der Waals surface area contributed by atoms with Gasteiger partial charge in [0.05, 0.1) is 5.39 Å². The standard InChI is InChI=1S/C15H19N7/c1-21-8-6-18-13(21)10-3-2-7-22(9-10)14-11-4-5-17-12(11)19-15(16)20-14/h4-6,8,10H,2-3,7,9H2,1H3,(H3,16,17,19,20)/t10-/m0/s1. The number of nitrogen functional groups attached to an aromatic ring is 1. The quantitative estimate of drug-likeness (QED) is 0.751. The fourth-order valence-corrected chi connectivity index (χ4v) is 3.33. The molecule has 1 aliphatic rings. The van der Waals surface area contributed by atoms with Gasteiger partial charge >= 0.3 is 0 Å². The first-order valence-corrected chi connectivity index (χ1v) is 7.55. The van der Waals surface area contributed by atoms with Gasteiger partial charge in [-0.1, -0.05) is 0 Å². The minimum Gasteiger partial charge on any atom is -0.368 e. The molecule has 114 valence electrons. The molecule has 1 fully saturated rings. The predicted molar refractivity (Wildman–Crippen MR) is 85.7 cm³/mol. The summed E-state index contributed by atoms with van der Waals surface area (Å²) in [5.74, 6) is 2.78. The number of rotatable bonds is 2. The van der Waals surface area contributed by atoms with Crippen LogP contribution in [-0.4, -0.2) is 37.6 Å². The zero-order chi connectivity index (χ0) is 15.1. The van der Waals surface area contributed by atoms with Crippen molar-refractivity contribution in [2.45, 2.75) is 18.8 Å². The minimum atomic E-state index is 0.309. The van der Waals surface area contributed by atoms with Gasteiger partial charge in [0.2, 0.25) is 5.95 Å². The summed E-state index contributed by atoms with van der Waals surface area (Å²) in [6.45, 7) is 1.89. The Morgan fingerprint density at radius 2 is 2.27 bits per heavy atom. The van der Waals surface area contributed by atoms with E-state index in [0.29, 0.717) is 11.9 Å². The lowest BCUT2D eigenvalue weighted by Gasteiger charge is -2.33. The molecule has 0 radical (unpaired) electrons. The average Bonchev–Trinajstić information content (AvgIpc) is 3.15. The monoisotopic (exact) mass is 297 g/mol. The van der Waals surface area contributed by atoms with Gasteiger partial charge in [-0.05, 0) is 18.9 Å². The van der Waals surface area contributed by atoms with E-state index in [-0.39, 0.29) is 0 Å². The molecule has 0 spiro atoms. The number of piperidine rings is 1. The van der Waals surface area contributed by atoms with Gasteiger partial charge in [0.15, 0.2) is 0 Å². The first-order valence-electron chi connectivity index (χ1n) is 7.55. The van der Waals surface area contributed by atoms with Crippen molar-refractivity contribution in [1.82, 2.24) is 24.5 Å². The van der Waals surface area contributed by atoms with Gasteiger partial charge in [0.1, 0.15) is 17.3 Å². The molecule has 0 bridgehead atoms. The van der Waals surface area contributed by atoms with Gasteiger partial charge in [-0.15, -0.1) is 0 Å². The first kappa shape index (κ1) is 13.1. The normalized spacial score (nSPS) is 19.0. The number of imidazole rings is 1. The molecule has 3 N–H and O–H groups in total. The molecular weight excluding hydrogens is 278 g/mol. The van der Waals surface area contributed by atoms with Crippen LogP contribution in [0.5, 0.6) is 0 Å². The molecular formula is C15H19N7. The third kappa shape index (κ3) is 2.09. The van der Waals surface area contributed by atoms with E-state index in [9.17, 15) is 0 Å². The maximum absolute atomic E-state index is 5.86. The highest BCUT2D eigenvalue weighted by Gasteiger charge is 2.26. The van der Waals surface area contributed by atoms with Crippen molar-refractivity contribution in [1.29, 1.82) is 0 Å². The van der Waals surface area contributed by atoms with Crippen molar-refractivity contribution in [3.05, 3.63) is 30.5 Å². The Labute approximate surface area is 128 Å². The van der Waals surface area contributed by atoms with Crippen molar-refractivity contribution >= 4 is 22.8 Å². The molecule has 7 nitrogen and oxygen atoms in total. The van der Waals surface area contributed by atoms with Crippen LogP contribution < -0.4 is 10.6 Å². The van der Waals surface area contributed by atoms with Crippen molar-refractivity contribution < 1.29 is 0 Å². The summed E-state index contributed by atoms with van der Waals surface area (Å²) < 4.78 is 2.11. The first-order chi connectivity index (χ1) is 10.7. The largest absolute Gasteiger partial charge is 0.368 e.